The maximum absolute atomic E-state index is 5.87. The number of nitrogens with one attached hydrogen (secondary N) is 1. The van der Waals surface area contributed by atoms with Crippen LogP contribution in [0.4, 0.5) is 5.82 Å². The van der Waals surface area contributed by atoms with Gasteiger partial charge >= 0.3 is 0 Å². The molecule has 3 N–H and O–H groups in total. The van der Waals surface area contributed by atoms with E-state index in [4.69, 9.17) is 10.6 Å². The number of nitrogens with two attached hydrogens (primary N) is 1. The molecule has 1 aliphatic rings. The third kappa shape index (κ3) is 2.44. The standard InChI is InChI=1S/C15H18N4O/c1-10-14(19-16)17-9-18-15(10)20-13-7-6-11-4-2-3-5-12(11)8-13/h6-9H,2-5,16H2,1H3,(H,17,18,19). The monoisotopic (exact) mass is 270 g/mol. The molecule has 20 heavy (non-hydrogen) atoms. The maximum Gasteiger partial charge on any atom is 0.227 e. The summed E-state index contributed by atoms with van der Waals surface area (Å²) in [6.45, 7) is 1.88. The van der Waals surface area contributed by atoms with Crippen molar-refractivity contribution in [2.24, 2.45) is 5.84 Å². The zero-order valence-corrected chi connectivity index (χ0v) is 11.5. The molecule has 0 saturated heterocycles. The third-order valence-corrected chi connectivity index (χ3v) is 3.71. The number of aryl methyl sites for hydroxylation is 2. The predicted molar refractivity (Wildman–Crippen MR) is 77.7 cm³/mol. The summed E-state index contributed by atoms with van der Waals surface area (Å²) >= 11 is 0. The van der Waals surface area contributed by atoms with E-state index in [0.29, 0.717) is 11.7 Å². The summed E-state index contributed by atoms with van der Waals surface area (Å²) in [4.78, 5) is 8.21. The van der Waals surface area contributed by atoms with Crippen molar-refractivity contribution in [3.05, 3.63) is 41.2 Å². The molecule has 0 fully saturated rings. The molecule has 0 unspecified atom stereocenters. The molecule has 5 nitrogen and oxygen atoms in total. The lowest BCUT2D eigenvalue weighted by molar-refractivity contribution is 0.456. The number of hydrogen-bond donors (Lipinski definition) is 2. The topological polar surface area (TPSA) is 73.1 Å². The quantitative estimate of drug-likeness (QED) is 0.662. The Bertz CT molecular complexity index is 627. The molecule has 2 aromatic rings. The van der Waals surface area contributed by atoms with Crippen LogP contribution >= 0.6 is 0 Å². The molecule has 0 aliphatic heterocycles. The van der Waals surface area contributed by atoms with E-state index in [9.17, 15) is 0 Å². The highest BCUT2D eigenvalue weighted by atomic mass is 16.5. The number of nitrogens with zero attached hydrogens (tertiary/aromatic N) is 2. The van der Waals surface area contributed by atoms with Crippen molar-refractivity contribution in [1.29, 1.82) is 0 Å². The molecule has 0 amide bonds. The smallest absolute Gasteiger partial charge is 0.227 e. The fraction of sp³-hybridized carbons (Fsp3) is 0.333. The largest absolute Gasteiger partial charge is 0.439 e. The Labute approximate surface area is 118 Å². The highest BCUT2D eigenvalue weighted by Crippen LogP contribution is 2.29. The molecule has 5 heteroatoms. The number of fused-ring (bicyclic) bond motifs is 1. The molecule has 0 radical (unpaired) electrons. The highest BCUT2D eigenvalue weighted by molar-refractivity contribution is 5.48. The van der Waals surface area contributed by atoms with Crippen LogP contribution < -0.4 is 16.0 Å². The lowest BCUT2D eigenvalue weighted by Crippen LogP contribution is -2.11. The average Bonchev–Trinajstić information content (AvgIpc) is 2.49. The van der Waals surface area contributed by atoms with Gasteiger partial charge in [0.1, 0.15) is 17.9 Å². The van der Waals surface area contributed by atoms with Crippen molar-refractivity contribution in [1.82, 2.24) is 9.97 Å². The molecular weight excluding hydrogens is 252 g/mol. The first-order valence-corrected chi connectivity index (χ1v) is 6.86. The minimum atomic E-state index is 0.531. The SMILES string of the molecule is Cc1c(NN)ncnc1Oc1ccc2c(c1)CCCC2. The van der Waals surface area contributed by atoms with Gasteiger partial charge in [-0.2, -0.15) is 0 Å². The van der Waals surface area contributed by atoms with Crippen molar-refractivity contribution in [3.8, 4) is 11.6 Å². The number of hydrogen-bond acceptors (Lipinski definition) is 5. The van der Waals surface area contributed by atoms with Gasteiger partial charge in [-0.15, -0.1) is 0 Å². The lowest BCUT2D eigenvalue weighted by atomic mass is 9.92. The highest BCUT2D eigenvalue weighted by Gasteiger charge is 2.12. The molecule has 0 atom stereocenters. The second-order valence-corrected chi connectivity index (χ2v) is 5.04. The summed E-state index contributed by atoms with van der Waals surface area (Å²) in [5.41, 5.74) is 6.16. The van der Waals surface area contributed by atoms with Crippen LogP contribution in [0.1, 0.15) is 29.5 Å². The molecule has 0 saturated carbocycles. The van der Waals surface area contributed by atoms with Gasteiger partial charge in [-0.05, 0) is 55.9 Å². The summed E-state index contributed by atoms with van der Waals surface area (Å²) in [7, 11) is 0. The van der Waals surface area contributed by atoms with Crippen molar-refractivity contribution >= 4 is 5.82 Å². The zero-order chi connectivity index (χ0) is 13.9. The molecule has 1 aliphatic carbocycles. The fourth-order valence-corrected chi connectivity index (χ4v) is 2.57. The fourth-order valence-electron chi connectivity index (χ4n) is 2.57. The van der Waals surface area contributed by atoms with Gasteiger partial charge in [0, 0.05) is 0 Å². The van der Waals surface area contributed by atoms with Gasteiger partial charge < -0.3 is 10.2 Å². The van der Waals surface area contributed by atoms with Crippen LogP contribution in [-0.4, -0.2) is 9.97 Å². The summed E-state index contributed by atoms with van der Waals surface area (Å²) in [5, 5.41) is 0. The third-order valence-electron chi connectivity index (χ3n) is 3.71. The molecule has 1 aromatic carbocycles. The van der Waals surface area contributed by atoms with E-state index in [-0.39, 0.29) is 0 Å². The van der Waals surface area contributed by atoms with Crippen LogP contribution in [0.15, 0.2) is 24.5 Å². The van der Waals surface area contributed by atoms with E-state index in [2.05, 4.69) is 27.5 Å². The maximum atomic E-state index is 5.87. The van der Waals surface area contributed by atoms with Gasteiger partial charge in [-0.1, -0.05) is 6.07 Å². The van der Waals surface area contributed by atoms with E-state index < -0.39 is 0 Å². The van der Waals surface area contributed by atoms with Gasteiger partial charge in [0.25, 0.3) is 0 Å². The summed E-state index contributed by atoms with van der Waals surface area (Å²) in [6.07, 6.45) is 6.28. The number of rotatable bonds is 3. The first kappa shape index (κ1) is 12.9. The first-order chi connectivity index (χ1) is 9.78. The number of ether oxygens (including phenoxy) is 1. The van der Waals surface area contributed by atoms with Crippen molar-refractivity contribution in [3.63, 3.8) is 0 Å². The van der Waals surface area contributed by atoms with Gasteiger partial charge in [-0.25, -0.2) is 15.8 Å². The van der Waals surface area contributed by atoms with Crippen LogP contribution in [0, 0.1) is 6.92 Å². The first-order valence-electron chi connectivity index (χ1n) is 6.86. The minimum absolute atomic E-state index is 0.531. The zero-order valence-electron chi connectivity index (χ0n) is 11.5. The number of aromatic nitrogens is 2. The molecule has 1 heterocycles. The van der Waals surface area contributed by atoms with E-state index in [1.165, 1.54) is 36.7 Å². The van der Waals surface area contributed by atoms with E-state index in [1.54, 1.807) is 0 Å². The number of hydrazine groups is 1. The van der Waals surface area contributed by atoms with E-state index in [1.807, 2.05) is 13.0 Å². The van der Waals surface area contributed by atoms with Gasteiger partial charge in [-0.3, -0.25) is 0 Å². The normalized spacial score (nSPS) is 13.7. The Morgan fingerprint density at radius 2 is 1.95 bits per heavy atom. The van der Waals surface area contributed by atoms with Crippen LogP contribution in [0.25, 0.3) is 0 Å². The summed E-state index contributed by atoms with van der Waals surface area (Å²) in [6, 6.07) is 6.27. The number of nitrogen functional groups attached to an aromatic ring is 1. The molecule has 1 aromatic heterocycles. The lowest BCUT2D eigenvalue weighted by Gasteiger charge is -2.17. The van der Waals surface area contributed by atoms with Crippen molar-refractivity contribution in [2.75, 3.05) is 5.43 Å². The average molecular weight is 270 g/mol. The predicted octanol–water partition coefficient (Wildman–Crippen LogP) is 2.74. The summed E-state index contributed by atoms with van der Waals surface area (Å²) in [5.74, 6) is 7.33. The second kappa shape index (κ2) is 5.46. The Balaban J connectivity index is 1.88. The minimum Gasteiger partial charge on any atom is -0.439 e. The molecule has 0 spiro atoms. The molecule has 0 bridgehead atoms. The molecule has 104 valence electrons. The van der Waals surface area contributed by atoms with Crippen LogP contribution in [0.2, 0.25) is 0 Å². The number of anilines is 1. The van der Waals surface area contributed by atoms with Crippen LogP contribution in [0.3, 0.4) is 0 Å². The Morgan fingerprint density at radius 3 is 2.75 bits per heavy atom. The van der Waals surface area contributed by atoms with Gasteiger partial charge in [0.05, 0.1) is 5.56 Å². The van der Waals surface area contributed by atoms with E-state index in [0.717, 1.165) is 17.7 Å². The van der Waals surface area contributed by atoms with Crippen LogP contribution in [0.5, 0.6) is 11.6 Å². The van der Waals surface area contributed by atoms with Gasteiger partial charge in [0.2, 0.25) is 5.88 Å². The Hall–Kier alpha value is -2.14. The Morgan fingerprint density at radius 1 is 1.15 bits per heavy atom. The molecule has 3 rings (SSSR count). The van der Waals surface area contributed by atoms with Crippen molar-refractivity contribution in [2.45, 2.75) is 32.6 Å². The Kier molecular flexibility index (Phi) is 3.52. The van der Waals surface area contributed by atoms with E-state index >= 15 is 0 Å². The van der Waals surface area contributed by atoms with Crippen LogP contribution in [-0.2, 0) is 12.8 Å². The van der Waals surface area contributed by atoms with Crippen molar-refractivity contribution < 1.29 is 4.74 Å². The van der Waals surface area contributed by atoms with Gasteiger partial charge in [0.15, 0.2) is 0 Å². The number of benzene rings is 1. The molecular formula is C15H18N4O. The summed E-state index contributed by atoms with van der Waals surface area (Å²) < 4.78 is 5.87. The second-order valence-electron chi connectivity index (χ2n) is 5.04.